The SMILES string of the molecule is Cc1cc(NC(=O)c2ccc(F)c(C)c2)ccc1O. The first kappa shape index (κ1) is 13.1. The summed E-state index contributed by atoms with van der Waals surface area (Å²) in [7, 11) is 0. The minimum Gasteiger partial charge on any atom is -0.508 e. The van der Waals surface area contributed by atoms with Crippen molar-refractivity contribution in [1.29, 1.82) is 0 Å². The van der Waals surface area contributed by atoms with Gasteiger partial charge in [0.15, 0.2) is 0 Å². The maximum atomic E-state index is 13.1. The van der Waals surface area contributed by atoms with Gasteiger partial charge in [0.05, 0.1) is 0 Å². The van der Waals surface area contributed by atoms with Crippen LogP contribution in [0.1, 0.15) is 21.5 Å². The van der Waals surface area contributed by atoms with Crippen LogP contribution in [0.5, 0.6) is 5.75 Å². The van der Waals surface area contributed by atoms with Gasteiger partial charge in [0.1, 0.15) is 11.6 Å². The molecule has 2 N–H and O–H groups in total. The van der Waals surface area contributed by atoms with Gasteiger partial charge in [0.2, 0.25) is 0 Å². The van der Waals surface area contributed by atoms with Crippen molar-refractivity contribution in [3.05, 3.63) is 58.9 Å². The molecule has 0 aromatic heterocycles. The first-order valence-corrected chi connectivity index (χ1v) is 5.84. The number of hydrogen-bond donors (Lipinski definition) is 2. The highest BCUT2D eigenvalue weighted by Crippen LogP contribution is 2.20. The molecule has 0 unspecified atom stereocenters. The lowest BCUT2D eigenvalue weighted by molar-refractivity contribution is 0.102. The van der Waals surface area contributed by atoms with Crippen LogP contribution in [0.2, 0.25) is 0 Å². The molecule has 0 radical (unpaired) electrons. The van der Waals surface area contributed by atoms with E-state index in [2.05, 4.69) is 5.32 Å². The number of halogens is 1. The van der Waals surface area contributed by atoms with Crippen molar-refractivity contribution in [2.24, 2.45) is 0 Å². The number of benzene rings is 2. The summed E-state index contributed by atoms with van der Waals surface area (Å²) in [6.45, 7) is 3.35. The highest BCUT2D eigenvalue weighted by atomic mass is 19.1. The van der Waals surface area contributed by atoms with Crippen molar-refractivity contribution in [2.45, 2.75) is 13.8 Å². The van der Waals surface area contributed by atoms with Gasteiger partial charge in [-0.2, -0.15) is 0 Å². The zero-order chi connectivity index (χ0) is 14.0. The summed E-state index contributed by atoms with van der Waals surface area (Å²) < 4.78 is 13.1. The van der Waals surface area contributed by atoms with Crippen LogP contribution in [-0.4, -0.2) is 11.0 Å². The summed E-state index contributed by atoms with van der Waals surface area (Å²) >= 11 is 0. The largest absolute Gasteiger partial charge is 0.508 e. The number of hydrogen-bond acceptors (Lipinski definition) is 2. The summed E-state index contributed by atoms with van der Waals surface area (Å²) in [6, 6.07) is 9.00. The third kappa shape index (κ3) is 2.91. The lowest BCUT2D eigenvalue weighted by Crippen LogP contribution is -2.12. The maximum absolute atomic E-state index is 13.1. The van der Waals surface area contributed by atoms with Crippen LogP contribution >= 0.6 is 0 Å². The first-order chi connectivity index (χ1) is 8.97. The Morgan fingerprint density at radius 2 is 1.84 bits per heavy atom. The van der Waals surface area contributed by atoms with Crippen LogP contribution in [0.15, 0.2) is 36.4 Å². The van der Waals surface area contributed by atoms with Crippen molar-refractivity contribution in [3.8, 4) is 5.75 Å². The molecule has 2 rings (SSSR count). The van der Waals surface area contributed by atoms with E-state index in [1.807, 2.05) is 0 Å². The van der Waals surface area contributed by atoms with E-state index in [4.69, 9.17) is 0 Å². The van der Waals surface area contributed by atoms with Crippen LogP contribution < -0.4 is 5.32 Å². The molecule has 0 heterocycles. The zero-order valence-electron chi connectivity index (χ0n) is 10.7. The minimum atomic E-state index is -0.336. The van der Waals surface area contributed by atoms with Crippen LogP contribution in [-0.2, 0) is 0 Å². The van der Waals surface area contributed by atoms with Gasteiger partial charge in [-0.1, -0.05) is 0 Å². The second kappa shape index (κ2) is 5.10. The van der Waals surface area contributed by atoms with Crippen molar-refractivity contribution in [1.82, 2.24) is 0 Å². The molecule has 0 saturated heterocycles. The smallest absolute Gasteiger partial charge is 0.255 e. The van der Waals surface area contributed by atoms with Gasteiger partial charge in [-0.25, -0.2) is 4.39 Å². The quantitative estimate of drug-likeness (QED) is 0.812. The molecule has 1 amide bonds. The third-order valence-corrected chi connectivity index (χ3v) is 2.87. The number of rotatable bonds is 2. The minimum absolute atomic E-state index is 0.177. The monoisotopic (exact) mass is 259 g/mol. The molecule has 4 heteroatoms. The van der Waals surface area contributed by atoms with Gasteiger partial charge < -0.3 is 10.4 Å². The first-order valence-electron chi connectivity index (χ1n) is 5.84. The molecule has 0 aliphatic heterocycles. The Bertz CT molecular complexity index is 638. The lowest BCUT2D eigenvalue weighted by atomic mass is 10.1. The highest BCUT2D eigenvalue weighted by molar-refractivity contribution is 6.04. The van der Waals surface area contributed by atoms with E-state index in [1.54, 1.807) is 26.0 Å². The molecule has 19 heavy (non-hydrogen) atoms. The van der Waals surface area contributed by atoms with Crippen molar-refractivity contribution < 1.29 is 14.3 Å². The van der Waals surface area contributed by atoms with Crippen molar-refractivity contribution in [2.75, 3.05) is 5.32 Å². The Balaban J connectivity index is 2.20. The van der Waals surface area contributed by atoms with E-state index in [-0.39, 0.29) is 17.5 Å². The summed E-state index contributed by atoms with van der Waals surface area (Å²) in [5.74, 6) is -0.471. The Kier molecular flexibility index (Phi) is 3.51. The van der Waals surface area contributed by atoms with Crippen molar-refractivity contribution >= 4 is 11.6 Å². The van der Waals surface area contributed by atoms with E-state index >= 15 is 0 Å². The van der Waals surface area contributed by atoms with E-state index in [1.165, 1.54) is 24.3 Å². The fraction of sp³-hybridized carbons (Fsp3) is 0.133. The fourth-order valence-electron chi connectivity index (χ4n) is 1.72. The van der Waals surface area contributed by atoms with Crippen LogP contribution in [0.4, 0.5) is 10.1 Å². The second-order valence-corrected chi connectivity index (χ2v) is 4.42. The van der Waals surface area contributed by atoms with E-state index in [9.17, 15) is 14.3 Å². The molecule has 0 atom stereocenters. The van der Waals surface area contributed by atoms with Gasteiger partial charge in [0.25, 0.3) is 5.91 Å². The van der Waals surface area contributed by atoms with Crippen LogP contribution in [0.3, 0.4) is 0 Å². The second-order valence-electron chi connectivity index (χ2n) is 4.42. The number of carbonyl (C=O) groups is 1. The molecular formula is C15H14FNO2. The Morgan fingerprint density at radius 1 is 1.11 bits per heavy atom. The van der Waals surface area contributed by atoms with E-state index in [0.717, 1.165) is 0 Å². The van der Waals surface area contributed by atoms with Crippen molar-refractivity contribution in [3.63, 3.8) is 0 Å². The number of amides is 1. The molecule has 0 spiro atoms. The molecule has 0 aliphatic carbocycles. The van der Waals surface area contributed by atoms with Crippen LogP contribution in [0.25, 0.3) is 0 Å². The summed E-state index contributed by atoms with van der Waals surface area (Å²) in [6.07, 6.45) is 0. The summed E-state index contributed by atoms with van der Waals surface area (Å²) in [4.78, 5) is 12.0. The van der Waals surface area contributed by atoms with Gasteiger partial charge >= 0.3 is 0 Å². The maximum Gasteiger partial charge on any atom is 0.255 e. The molecule has 2 aromatic rings. The normalized spacial score (nSPS) is 10.3. The summed E-state index contributed by atoms with van der Waals surface area (Å²) in [5, 5.41) is 12.1. The number of carbonyl (C=O) groups excluding carboxylic acids is 1. The van der Waals surface area contributed by atoms with Gasteiger partial charge in [0, 0.05) is 11.3 Å². The highest BCUT2D eigenvalue weighted by Gasteiger charge is 2.08. The average molecular weight is 259 g/mol. The number of phenolic OH excluding ortho intramolecular Hbond substituents is 1. The lowest BCUT2D eigenvalue weighted by Gasteiger charge is -2.08. The predicted molar refractivity (Wildman–Crippen MR) is 71.9 cm³/mol. The standard InChI is InChI=1S/C15H14FNO2/c1-9-7-11(3-5-13(9)16)15(19)17-12-4-6-14(18)10(2)8-12/h3-8,18H,1-2H3,(H,17,19). The molecule has 0 saturated carbocycles. The third-order valence-electron chi connectivity index (χ3n) is 2.87. The molecule has 0 aliphatic rings. The summed E-state index contributed by atoms with van der Waals surface area (Å²) in [5.41, 5.74) is 2.08. The molecule has 0 bridgehead atoms. The average Bonchev–Trinajstić information content (AvgIpc) is 2.37. The number of nitrogens with one attached hydrogen (secondary N) is 1. The number of phenols is 1. The van der Waals surface area contributed by atoms with Gasteiger partial charge in [-0.3, -0.25) is 4.79 Å². The van der Waals surface area contributed by atoms with Crippen LogP contribution in [0, 0.1) is 19.7 Å². The van der Waals surface area contributed by atoms with E-state index in [0.29, 0.717) is 22.4 Å². The Morgan fingerprint density at radius 3 is 2.47 bits per heavy atom. The molecule has 0 fully saturated rings. The molecule has 98 valence electrons. The van der Waals surface area contributed by atoms with Gasteiger partial charge in [-0.15, -0.1) is 0 Å². The fourth-order valence-corrected chi connectivity index (χ4v) is 1.72. The number of anilines is 1. The molecule has 3 nitrogen and oxygen atoms in total. The molecular weight excluding hydrogens is 245 g/mol. The van der Waals surface area contributed by atoms with E-state index < -0.39 is 0 Å². The Labute approximate surface area is 110 Å². The molecule has 2 aromatic carbocycles. The zero-order valence-corrected chi connectivity index (χ0v) is 10.7. The number of aryl methyl sites for hydroxylation is 2. The Hall–Kier alpha value is -2.36. The number of aromatic hydroxyl groups is 1. The topological polar surface area (TPSA) is 49.3 Å². The predicted octanol–water partition coefficient (Wildman–Crippen LogP) is 3.40. The van der Waals surface area contributed by atoms with Gasteiger partial charge in [-0.05, 0) is 61.4 Å².